The zero-order valence-corrected chi connectivity index (χ0v) is 16.8. The summed E-state index contributed by atoms with van der Waals surface area (Å²) in [4.78, 5) is 18.7. The Kier molecular flexibility index (Phi) is 4.88. The second-order valence-corrected chi connectivity index (χ2v) is 9.49. The fourth-order valence-electron chi connectivity index (χ4n) is 4.18. The molecule has 1 spiro atoms. The van der Waals surface area contributed by atoms with Crippen LogP contribution in [-0.2, 0) is 10.3 Å². The number of ether oxygens (including phenoxy) is 1. The molecule has 5 nitrogen and oxygen atoms in total. The van der Waals surface area contributed by atoms with E-state index in [0.717, 1.165) is 36.0 Å². The lowest BCUT2D eigenvalue weighted by molar-refractivity contribution is -0.0102. The Hall–Kier alpha value is -1.14. The molecule has 1 saturated heterocycles. The monoisotopic (exact) mass is 410 g/mol. The summed E-state index contributed by atoms with van der Waals surface area (Å²) in [5.41, 5.74) is -0.711. The summed E-state index contributed by atoms with van der Waals surface area (Å²) in [6.07, 6.45) is 5.70. The van der Waals surface area contributed by atoms with Gasteiger partial charge in [-0.3, -0.25) is 4.98 Å². The summed E-state index contributed by atoms with van der Waals surface area (Å²) in [6, 6.07) is 3.80. The molecule has 2 heterocycles. The van der Waals surface area contributed by atoms with Crippen molar-refractivity contribution < 1.29 is 14.6 Å². The summed E-state index contributed by atoms with van der Waals surface area (Å²) in [7, 11) is 0. The highest BCUT2D eigenvalue weighted by molar-refractivity contribution is 9.10. The van der Waals surface area contributed by atoms with Gasteiger partial charge in [0.05, 0.1) is 5.69 Å². The number of rotatable bonds is 1. The molecule has 1 aliphatic carbocycles. The van der Waals surface area contributed by atoms with E-state index >= 15 is 0 Å². The first kappa shape index (κ1) is 18.6. The molecule has 1 aromatic heterocycles. The number of aromatic nitrogens is 1. The van der Waals surface area contributed by atoms with Crippen LogP contribution in [0.2, 0.25) is 0 Å². The van der Waals surface area contributed by atoms with Crippen molar-refractivity contribution in [3.63, 3.8) is 0 Å². The van der Waals surface area contributed by atoms with Crippen LogP contribution in [0, 0.1) is 5.41 Å². The lowest BCUT2D eigenvalue weighted by atomic mass is 9.77. The van der Waals surface area contributed by atoms with Gasteiger partial charge in [0.2, 0.25) is 0 Å². The van der Waals surface area contributed by atoms with Gasteiger partial charge >= 0.3 is 6.09 Å². The van der Waals surface area contributed by atoms with E-state index in [4.69, 9.17) is 4.74 Å². The van der Waals surface area contributed by atoms with Crippen molar-refractivity contribution in [1.29, 1.82) is 0 Å². The van der Waals surface area contributed by atoms with E-state index in [0.29, 0.717) is 19.4 Å². The smallest absolute Gasteiger partial charge is 0.410 e. The van der Waals surface area contributed by atoms with Crippen LogP contribution in [0.3, 0.4) is 0 Å². The Balaban J connectivity index is 1.72. The quantitative estimate of drug-likeness (QED) is 0.751. The van der Waals surface area contributed by atoms with Crippen molar-refractivity contribution in [3.8, 4) is 0 Å². The van der Waals surface area contributed by atoms with E-state index in [2.05, 4.69) is 20.9 Å². The minimum Gasteiger partial charge on any atom is -0.444 e. The SMILES string of the molecule is CC(C)(C)OC(=O)N1CCCC2(CCC(O)(c3ccc(Br)cn3)C2)C1. The van der Waals surface area contributed by atoms with E-state index in [9.17, 15) is 9.90 Å². The molecule has 2 aliphatic rings. The number of carbonyl (C=O) groups is 1. The van der Waals surface area contributed by atoms with Gasteiger partial charge in [0.25, 0.3) is 0 Å². The van der Waals surface area contributed by atoms with Crippen molar-refractivity contribution >= 4 is 22.0 Å². The van der Waals surface area contributed by atoms with Crippen molar-refractivity contribution in [1.82, 2.24) is 9.88 Å². The van der Waals surface area contributed by atoms with E-state index < -0.39 is 11.2 Å². The fourth-order valence-corrected chi connectivity index (χ4v) is 4.41. The molecule has 1 N–H and O–H groups in total. The molecule has 25 heavy (non-hydrogen) atoms. The zero-order chi connectivity index (χ0) is 18.3. The van der Waals surface area contributed by atoms with Gasteiger partial charge in [-0.25, -0.2) is 4.79 Å². The lowest BCUT2D eigenvalue weighted by Crippen LogP contribution is -2.47. The number of amides is 1. The highest BCUT2D eigenvalue weighted by Gasteiger charge is 2.51. The summed E-state index contributed by atoms with van der Waals surface area (Å²) in [5.74, 6) is 0. The first-order valence-corrected chi connectivity index (χ1v) is 9.73. The Bertz CT molecular complexity index is 643. The number of carbonyl (C=O) groups excluding carboxylic acids is 1. The number of halogens is 1. The van der Waals surface area contributed by atoms with Gasteiger partial charge < -0.3 is 14.7 Å². The van der Waals surface area contributed by atoms with Crippen molar-refractivity contribution in [2.75, 3.05) is 13.1 Å². The molecule has 2 fully saturated rings. The van der Waals surface area contributed by atoms with Gasteiger partial charge in [0.15, 0.2) is 0 Å². The molecule has 1 aromatic rings. The first-order chi connectivity index (χ1) is 11.6. The Morgan fingerprint density at radius 1 is 1.32 bits per heavy atom. The number of pyridine rings is 1. The normalized spacial score (nSPS) is 29.9. The first-order valence-electron chi connectivity index (χ1n) is 8.93. The minimum atomic E-state index is -0.905. The van der Waals surface area contributed by atoms with Crippen LogP contribution in [0.4, 0.5) is 4.79 Å². The second-order valence-electron chi connectivity index (χ2n) is 8.58. The van der Waals surface area contributed by atoms with E-state index in [1.54, 1.807) is 6.20 Å². The molecular weight excluding hydrogens is 384 g/mol. The molecule has 1 saturated carbocycles. The fraction of sp³-hybridized carbons (Fsp3) is 0.684. The van der Waals surface area contributed by atoms with Crippen molar-refractivity contribution in [2.45, 2.75) is 64.1 Å². The van der Waals surface area contributed by atoms with E-state index in [-0.39, 0.29) is 11.5 Å². The Labute approximate surface area is 157 Å². The Morgan fingerprint density at radius 3 is 2.72 bits per heavy atom. The number of hydrogen-bond donors (Lipinski definition) is 1. The van der Waals surface area contributed by atoms with Crippen LogP contribution in [0.1, 0.15) is 58.6 Å². The number of likely N-dealkylation sites (tertiary alicyclic amines) is 1. The van der Waals surface area contributed by atoms with Crippen molar-refractivity contribution in [3.05, 3.63) is 28.5 Å². The second kappa shape index (κ2) is 6.54. The molecule has 2 unspecified atom stereocenters. The molecule has 138 valence electrons. The highest BCUT2D eigenvalue weighted by atomic mass is 79.9. The number of aliphatic hydroxyl groups is 1. The Morgan fingerprint density at radius 2 is 2.08 bits per heavy atom. The molecule has 2 atom stereocenters. The summed E-state index contributed by atoms with van der Waals surface area (Å²) in [5, 5.41) is 11.2. The molecule has 0 bridgehead atoms. The predicted octanol–water partition coefficient (Wildman–Crippen LogP) is 4.23. The van der Waals surface area contributed by atoms with Gasteiger partial charge in [-0.2, -0.15) is 0 Å². The third-order valence-corrected chi connectivity index (χ3v) is 5.72. The number of piperidine rings is 1. The largest absolute Gasteiger partial charge is 0.444 e. The molecule has 3 rings (SSSR count). The van der Waals surface area contributed by atoms with Crippen LogP contribution < -0.4 is 0 Å². The van der Waals surface area contributed by atoms with Gasteiger partial charge in [-0.05, 0) is 86.4 Å². The topological polar surface area (TPSA) is 62.7 Å². The highest BCUT2D eigenvalue weighted by Crippen LogP contribution is 2.53. The number of hydrogen-bond acceptors (Lipinski definition) is 4. The van der Waals surface area contributed by atoms with Crippen LogP contribution >= 0.6 is 15.9 Å². The zero-order valence-electron chi connectivity index (χ0n) is 15.2. The maximum atomic E-state index is 12.4. The predicted molar refractivity (Wildman–Crippen MR) is 99.2 cm³/mol. The number of nitrogens with zero attached hydrogens (tertiary/aromatic N) is 2. The van der Waals surface area contributed by atoms with Gasteiger partial charge in [-0.1, -0.05) is 0 Å². The van der Waals surface area contributed by atoms with Gasteiger partial charge in [0.1, 0.15) is 11.2 Å². The van der Waals surface area contributed by atoms with E-state index in [1.807, 2.05) is 37.8 Å². The molecule has 1 aliphatic heterocycles. The van der Waals surface area contributed by atoms with Crippen LogP contribution in [0.25, 0.3) is 0 Å². The third-order valence-electron chi connectivity index (χ3n) is 5.25. The van der Waals surface area contributed by atoms with Gasteiger partial charge in [-0.15, -0.1) is 0 Å². The molecule has 0 radical (unpaired) electrons. The van der Waals surface area contributed by atoms with Gasteiger partial charge in [0, 0.05) is 23.8 Å². The maximum Gasteiger partial charge on any atom is 0.410 e. The minimum absolute atomic E-state index is 0.0430. The maximum absolute atomic E-state index is 12.4. The van der Waals surface area contributed by atoms with E-state index in [1.165, 1.54) is 0 Å². The summed E-state index contributed by atoms with van der Waals surface area (Å²) in [6.45, 7) is 7.04. The van der Waals surface area contributed by atoms with Crippen LogP contribution in [0.15, 0.2) is 22.8 Å². The van der Waals surface area contributed by atoms with Crippen molar-refractivity contribution in [2.24, 2.45) is 5.41 Å². The molecule has 0 aromatic carbocycles. The summed E-state index contributed by atoms with van der Waals surface area (Å²) >= 11 is 3.39. The van der Waals surface area contributed by atoms with Crippen LogP contribution in [-0.4, -0.2) is 39.8 Å². The molecular formula is C19H27BrN2O3. The summed E-state index contributed by atoms with van der Waals surface area (Å²) < 4.78 is 6.44. The van der Waals surface area contributed by atoms with Crippen LogP contribution in [0.5, 0.6) is 0 Å². The lowest BCUT2D eigenvalue weighted by Gasteiger charge is -2.41. The third kappa shape index (κ3) is 4.17. The molecule has 6 heteroatoms. The molecule has 1 amide bonds. The average molecular weight is 411 g/mol. The standard InChI is InChI=1S/C19H27BrN2O3/c1-17(2,3)25-16(23)22-10-4-7-18(13-22)8-9-19(24,12-18)15-6-5-14(20)11-21-15/h5-6,11,24H,4,7-10,12-13H2,1-3H3. The average Bonchev–Trinajstić information content (AvgIpc) is 2.84.